The highest BCUT2D eigenvalue weighted by Crippen LogP contribution is 2.38. The van der Waals surface area contributed by atoms with Crippen LogP contribution in [0.25, 0.3) is 0 Å². The Hall–Kier alpha value is -1.32. The maximum Gasteiger partial charge on any atom is 0.228 e. The number of hydrogen-bond acceptors (Lipinski definition) is 2. The number of aromatic amines is 1. The Morgan fingerprint density at radius 1 is 1.79 bits per heavy atom. The first kappa shape index (κ1) is 9.24. The lowest BCUT2D eigenvalue weighted by atomic mass is 10.3. The Balaban J connectivity index is 1.93. The van der Waals surface area contributed by atoms with Gasteiger partial charge in [-0.25, -0.2) is 0 Å². The Morgan fingerprint density at radius 3 is 3.00 bits per heavy atom. The summed E-state index contributed by atoms with van der Waals surface area (Å²) >= 11 is 0. The molecule has 0 radical (unpaired) electrons. The molecule has 0 saturated heterocycles. The van der Waals surface area contributed by atoms with Crippen LogP contribution in [0, 0.1) is 11.8 Å². The van der Waals surface area contributed by atoms with E-state index in [-0.39, 0.29) is 11.8 Å². The molecule has 0 spiro atoms. The highest BCUT2D eigenvalue weighted by Gasteiger charge is 2.39. The number of aromatic nitrogens is 2. The molecule has 1 aliphatic rings. The minimum atomic E-state index is 0.103. The first-order chi connectivity index (χ1) is 6.70. The summed E-state index contributed by atoms with van der Waals surface area (Å²) in [6, 6.07) is 1.88. The summed E-state index contributed by atoms with van der Waals surface area (Å²) in [5.41, 5.74) is 1.05. The summed E-state index contributed by atoms with van der Waals surface area (Å²) in [5, 5.41) is 9.68. The van der Waals surface area contributed by atoms with Crippen molar-refractivity contribution in [2.75, 3.05) is 5.32 Å². The molecule has 2 atom stereocenters. The molecule has 1 fully saturated rings. The van der Waals surface area contributed by atoms with Gasteiger partial charge >= 0.3 is 0 Å². The van der Waals surface area contributed by atoms with E-state index in [1.807, 2.05) is 13.0 Å². The normalized spacial score (nSPS) is 24.7. The van der Waals surface area contributed by atoms with E-state index >= 15 is 0 Å². The molecule has 2 unspecified atom stereocenters. The van der Waals surface area contributed by atoms with Gasteiger partial charge in [-0.1, -0.05) is 13.8 Å². The number of nitrogens with one attached hydrogen (secondary N) is 2. The van der Waals surface area contributed by atoms with Gasteiger partial charge in [0.25, 0.3) is 0 Å². The van der Waals surface area contributed by atoms with E-state index in [1.54, 1.807) is 0 Å². The van der Waals surface area contributed by atoms with Gasteiger partial charge in [-0.3, -0.25) is 9.89 Å². The Morgan fingerprint density at radius 2 is 2.50 bits per heavy atom. The van der Waals surface area contributed by atoms with Crippen molar-refractivity contribution in [3.8, 4) is 0 Å². The minimum absolute atomic E-state index is 0.103. The predicted octanol–water partition coefficient (Wildman–Crippen LogP) is 1.57. The molecule has 1 heterocycles. The lowest BCUT2D eigenvalue weighted by Gasteiger charge is -1.98. The minimum Gasteiger partial charge on any atom is -0.309 e. The van der Waals surface area contributed by atoms with Gasteiger partial charge in [0.2, 0.25) is 5.91 Å². The smallest absolute Gasteiger partial charge is 0.228 e. The summed E-state index contributed by atoms with van der Waals surface area (Å²) in [5.74, 6) is 1.49. The third-order valence-corrected chi connectivity index (χ3v) is 2.71. The molecule has 0 bridgehead atoms. The van der Waals surface area contributed by atoms with Gasteiger partial charge in [0.15, 0.2) is 5.82 Å². The third kappa shape index (κ3) is 1.78. The fourth-order valence-electron chi connectivity index (χ4n) is 1.51. The number of amides is 1. The molecule has 1 saturated carbocycles. The van der Waals surface area contributed by atoms with E-state index in [4.69, 9.17) is 0 Å². The molecule has 76 valence electrons. The number of nitrogens with zero attached hydrogens (tertiary/aromatic N) is 1. The SMILES string of the molecule is CCc1cc(NC(=O)C2CC2C)n[nH]1. The molecule has 4 heteroatoms. The Kier molecular flexibility index (Phi) is 2.27. The van der Waals surface area contributed by atoms with Crippen LogP contribution < -0.4 is 5.32 Å². The lowest BCUT2D eigenvalue weighted by molar-refractivity contribution is -0.117. The second kappa shape index (κ2) is 3.44. The highest BCUT2D eigenvalue weighted by molar-refractivity contribution is 5.93. The van der Waals surface area contributed by atoms with Crippen molar-refractivity contribution in [2.45, 2.75) is 26.7 Å². The van der Waals surface area contributed by atoms with Gasteiger partial charge in [-0.05, 0) is 18.8 Å². The van der Waals surface area contributed by atoms with Gasteiger partial charge in [0.1, 0.15) is 0 Å². The molecule has 2 rings (SSSR count). The van der Waals surface area contributed by atoms with Crippen molar-refractivity contribution < 1.29 is 4.79 Å². The zero-order chi connectivity index (χ0) is 10.1. The molecule has 0 aromatic carbocycles. The van der Waals surface area contributed by atoms with Crippen molar-refractivity contribution >= 4 is 11.7 Å². The average Bonchev–Trinajstić information content (AvgIpc) is 2.74. The predicted molar refractivity (Wildman–Crippen MR) is 53.9 cm³/mol. The number of hydrogen-bond donors (Lipinski definition) is 2. The van der Waals surface area contributed by atoms with Crippen LogP contribution in [0.1, 0.15) is 26.0 Å². The molecule has 1 aromatic rings. The van der Waals surface area contributed by atoms with Crippen LogP contribution in [0.4, 0.5) is 5.82 Å². The summed E-state index contributed by atoms with van der Waals surface area (Å²) in [6.45, 7) is 4.13. The number of carbonyl (C=O) groups excluding carboxylic acids is 1. The van der Waals surface area contributed by atoms with E-state index in [0.717, 1.165) is 18.5 Å². The van der Waals surface area contributed by atoms with E-state index in [0.29, 0.717) is 11.7 Å². The van der Waals surface area contributed by atoms with E-state index < -0.39 is 0 Å². The van der Waals surface area contributed by atoms with Crippen molar-refractivity contribution in [1.82, 2.24) is 10.2 Å². The van der Waals surface area contributed by atoms with Crippen LogP contribution >= 0.6 is 0 Å². The van der Waals surface area contributed by atoms with E-state index in [9.17, 15) is 4.79 Å². The largest absolute Gasteiger partial charge is 0.309 e. The highest BCUT2D eigenvalue weighted by atomic mass is 16.2. The maximum atomic E-state index is 11.5. The summed E-state index contributed by atoms with van der Waals surface area (Å²) < 4.78 is 0. The topological polar surface area (TPSA) is 57.8 Å². The number of anilines is 1. The molecular weight excluding hydrogens is 178 g/mol. The van der Waals surface area contributed by atoms with Crippen LogP contribution in [-0.2, 0) is 11.2 Å². The van der Waals surface area contributed by atoms with Crippen molar-refractivity contribution in [3.05, 3.63) is 11.8 Å². The van der Waals surface area contributed by atoms with Gasteiger partial charge in [0.05, 0.1) is 0 Å². The number of rotatable bonds is 3. The number of carbonyl (C=O) groups is 1. The van der Waals surface area contributed by atoms with Gasteiger partial charge in [-0.15, -0.1) is 0 Å². The van der Waals surface area contributed by atoms with Crippen LogP contribution in [0.3, 0.4) is 0 Å². The quantitative estimate of drug-likeness (QED) is 0.765. The van der Waals surface area contributed by atoms with Crippen LogP contribution in [0.5, 0.6) is 0 Å². The van der Waals surface area contributed by atoms with E-state index in [2.05, 4.69) is 22.4 Å². The molecule has 0 aliphatic heterocycles. The second-order valence-corrected chi connectivity index (χ2v) is 3.94. The zero-order valence-electron chi connectivity index (χ0n) is 8.50. The van der Waals surface area contributed by atoms with E-state index in [1.165, 1.54) is 0 Å². The first-order valence-corrected chi connectivity index (χ1v) is 5.06. The lowest BCUT2D eigenvalue weighted by Crippen LogP contribution is -2.14. The maximum absolute atomic E-state index is 11.5. The van der Waals surface area contributed by atoms with Gasteiger partial charge in [-0.2, -0.15) is 5.10 Å². The first-order valence-electron chi connectivity index (χ1n) is 5.06. The number of H-pyrrole nitrogens is 1. The Labute approximate surface area is 83.1 Å². The number of aryl methyl sites for hydroxylation is 1. The van der Waals surface area contributed by atoms with Crippen molar-refractivity contribution in [3.63, 3.8) is 0 Å². The molecule has 1 aromatic heterocycles. The molecule has 14 heavy (non-hydrogen) atoms. The summed E-state index contributed by atoms with van der Waals surface area (Å²) in [7, 11) is 0. The molecule has 2 N–H and O–H groups in total. The molecule has 4 nitrogen and oxygen atoms in total. The zero-order valence-corrected chi connectivity index (χ0v) is 8.50. The fraction of sp³-hybridized carbons (Fsp3) is 0.600. The van der Waals surface area contributed by atoms with Crippen LogP contribution in [0.15, 0.2) is 6.07 Å². The van der Waals surface area contributed by atoms with Crippen LogP contribution in [0.2, 0.25) is 0 Å². The monoisotopic (exact) mass is 193 g/mol. The van der Waals surface area contributed by atoms with Crippen LogP contribution in [-0.4, -0.2) is 16.1 Å². The van der Waals surface area contributed by atoms with Gasteiger partial charge < -0.3 is 5.32 Å². The molecular formula is C10H15N3O. The second-order valence-electron chi connectivity index (χ2n) is 3.94. The van der Waals surface area contributed by atoms with Gasteiger partial charge in [0, 0.05) is 17.7 Å². The van der Waals surface area contributed by atoms with Crippen molar-refractivity contribution in [1.29, 1.82) is 0 Å². The summed E-state index contributed by atoms with van der Waals surface area (Å²) in [4.78, 5) is 11.5. The Bertz CT molecular complexity index is 345. The molecule has 1 aliphatic carbocycles. The fourth-order valence-corrected chi connectivity index (χ4v) is 1.51. The van der Waals surface area contributed by atoms with Crippen molar-refractivity contribution in [2.24, 2.45) is 11.8 Å². The molecule has 1 amide bonds. The summed E-state index contributed by atoms with van der Waals surface area (Å²) in [6.07, 6.45) is 1.92. The average molecular weight is 193 g/mol. The third-order valence-electron chi connectivity index (χ3n) is 2.71. The standard InChI is InChI=1S/C10H15N3O/c1-3-7-5-9(13-12-7)11-10(14)8-4-6(8)2/h5-6,8H,3-4H2,1-2H3,(H2,11,12,13,14).